The molecule has 162 valence electrons. The number of hydrogen-bond donors (Lipinski definition) is 1. The highest BCUT2D eigenvalue weighted by Crippen LogP contribution is 2.30. The number of nitrogens with one attached hydrogen (secondary N) is 1. The average molecular weight is 483 g/mol. The van der Waals surface area contributed by atoms with E-state index in [1.807, 2.05) is 54.6 Å². The van der Waals surface area contributed by atoms with E-state index in [0.29, 0.717) is 22.3 Å². The van der Waals surface area contributed by atoms with Gasteiger partial charge in [0, 0.05) is 28.1 Å². The summed E-state index contributed by atoms with van der Waals surface area (Å²) in [5.41, 5.74) is 4.04. The second-order valence-electron chi connectivity index (χ2n) is 7.16. The lowest BCUT2D eigenvalue weighted by Crippen LogP contribution is -2.35. The van der Waals surface area contributed by atoms with Crippen molar-refractivity contribution in [3.8, 4) is 27.6 Å². The molecule has 1 N–H and O–H groups in total. The summed E-state index contributed by atoms with van der Waals surface area (Å²) in [6.45, 7) is 2.06. The third-order valence-electron chi connectivity index (χ3n) is 4.78. The highest BCUT2D eigenvalue weighted by molar-refractivity contribution is 7.13. The molecule has 4 nitrogen and oxygen atoms in total. The highest BCUT2D eigenvalue weighted by atomic mass is 35.5. The normalized spacial score (nSPS) is 11.7. The Morgan fingerprint density at radius 2 is 1.81 bits per heavy atom. The van der Waals surface area contributed by atoms with Crippen LogP contribution in [0.2, 0.25) is 10.0 Å². The van der Waals surface area contributed by atoms with Crippen LogP contribution in [-0.4, -0.2) is 17.0 Å². The summed E-state index contributed by atoms with van der Waals surface area (Å²) in [6.07, 6.45) is -0.704. The van der Waals surface area contributed by atoms with Gasteiger partial charge in [-0.25, -0.2) is 4.98 Å². The van der Waals surface area contributed by atoms with Crippen LogP contribution in [0.5, 0.6) is 5.75 Å². The van der Waals surface area contributed by atoms with Crippen molar-refractivity contribution in [1.29, 1.82) is 0 Å². The monoisotopic (exact) mass is 482 g/mol. The van der Waals surface area contributed by atoms with Gasteiger partial charge < -0.3 is 10.1 Å². The first-order valence-corrected chi connectivity index (χ1v) is 11.6. The van der Waals surface area contributed by atoms with Crippen LogP contribution >= 0.6 is 34.5 Å². The molecule has 0 aliphatic carbocycles. The zero-order valence-electron chi connectivity index (χ0n) is 17.2. The summed E-state index contributed by atoms with van der Waals surface area (Å²) >= 11 is 13.6. The molecule has 7 heteroatoms. The molecule has 3 aromatic carbocycles. The lowest BCUT2D eigenvalue weighted by molar-refractivity contribution is -0.127. The molecule has 1 aromatic heterocycles. The lowest BCUT2D eigenvalue weighted by atomic mass is 10.1. The number of carbonyl (C=O) groups excluding carboxylic acids is 1. The van der Waals surface area contributed by atoms with E-state index >= 15 is 0 Å². The molecule has 1 amide bonds. The number of rotatable bonds is 7. The van der Waals surface area contributed by atoms with E-state index in [1.165, 1.54) is 0 Å². The molecular formula is C25H20Cl2N2O2S. The fraction of sp³-hybridized carbons (Fsp3) is 0.120. The number of benzene rings is 3. The number of nitrogens with zero attached hydrogens (tertiary/aromatic N) is 1. The molecule has 0 saturated heterocycles. The summed E-state index contributed by atoms with van der Waals surface area (Å²) in [5.74, 6) is 0.181. The van der Waals surface area contributed by atoms with Gasteiger partial charge in [-0.1, -0.05) is 71.7 Å². The van der Waals surface area contributed by atoms with Gasteiger partial charge >= 0.3 is 0 Å². The molecule has 4 rings (SSSR count). The van der Waals surface area contributed by atoms with E-state index in [9.17, 15) is 4.79 Å². The zero-order chi connectivity index (χ0) is 22.5. The predicted octanol–water partition coefficient (Wildman–Crippen LogP) is 6.87. The number of aromatic nitrogens is 1. The Hall–Kier alpha value is -2.86. The van der Waals surface area contributed by atoms with E-state index in [0.717, 1.165) is 27.4 Å². The molecular weight excluding hydrogens is 463 g/mol. The van der Waals surface area contributed by atoms with Gasteiger partial charge in [-0.15, -0.1) is 11.3 Å². The van der Waals surface area contributed by atoms with E-state index in [2.05, 4.69) is 10.7 Å². The van der Waals surface area contributed by atoms with Crippen molar-refractivity contribution >= 4 is 40.4 Å². The molecule has 0 spiro atoms. The van der Waals surface area contributed by atoms with Gasteiger partial charge in [0.2, 0.25) is 0 Å². The standard InChI is InChI=1S/C25H20Cl2N2O2S/c1-16(31-23-11-10-20(26)13-21(23)27)24(30)28-14-17-6-5-9-19(12-17)25-29-22(15-32-25)18-7-3-2-4-8-18/h2-13,15-16H,14H2,1H3,(H,28,30). The molecule has 0 radical (unpaired) electrons. The highest BCUT2D eigenvalue weighted by Gasteiger charge is 2.16. The van der Waals surface area contributed by atoms with Crippen molar-refractivity contribution in [2.24, 2.45) is 0 Å². The maximum absolute atomic E-state index is 12.5. The largest absolute Gasteiger partial charge is 0.479 e. The van der Waals surface area contributed by atoms with Crippen molar-refractivity contribution < 1.29 is 9.53 Å². The van der Waals surface area contributed by atoms with Gasteiger partial charge in [0.1, 0.15) is 10.8 Å². The molecule has 1 heterocycles. The van der Waals surface area contributed by atoms with Crippen molar-refractivity contribution in [3.05, 3.63) is 93.8 Å². The Kier molecular flexibility index (Phi) is 7.10. The molecule has 0 bridgehead atoms. The maximum atomic E-state index is 12.5. The third kappa shape index (κ3) is 5.49. The van der Waals surface area contributed by atoms with Crippen molar-refractivity contribution in [2.75, 3.05) is 0 Å². The summed E-state index contributed by atoms with van der Waals surface area (Å²) in [4.78, 5) is 17.3. The van der Waals surface area contributed by atoms with Crippen LogP contribution in [0.25, 0.3) is 21.8 Å². The molecule has 32 heavy (non-hydrogen) atoms. The summed E-state index contributed by atoms with van der Waals surface area (Å²) < 4.78 is 5.68. The predicted molar refractivity (Wildman–Crippen MR) is 131 cm³/mol. The van der Waals surface area contributed by atoms with Gasteiger partial charge in [-0.2, -0.15) is 0 Å². The van der Waals surface area contributed by atoms with Crippen molar-refractivity contribution in [3.63, 3.8) is 0 Å². The van der Waals surface area contributed by atoms with Gasteiger partial charge in [-0.3, -0.25) is 4.79 Å². The Morgan fingerprint density at radius 3 is 2.59 bits per heavy atom. The van der Waals surface area contributed by atoms with E-state index < -0.39 is 6.10 Å². The number of halogens is 2. The number of ether oxygens (including phenoxy) is 1. The molecule has 0 saturated carbocycles. The Bertz CT molecular complexity index is 1230. The second kappa shape index (κ2) is 10.2. The van der Waals surface area contributed by atoms with Gasteiger partial charge in [0.05, 0.1) is 10.7 Å². The number of hydrogen-bond acceptors (Lipinski definition) is 4. The minimum atomic E-state index is -0.704. The van der Waals surface area contributed by atoms with Crippen molar-refractivity contribution in [1.82, 2.24) is 10.3 Å². The fourth-order valence-corrected chi connectivity index (χ4v) is 4.39. The van der Waals surface area contributed by atoms with Crippen LogP contribution in [0.15, 0.2) is 78.2 Å². The first-order chi connectivity index (χ1) is 15.5. The SMILES string of the molecule is CC(Oc1ccc(Cl)cc1Cl)C(=O)NCc1cccc(-c2nc(-c3ccccc3)cs2)c1. The van der Waals surface area contributed by atoms with Gasteiger partial charge in [0.15, 0.2) is 6.10 Å². The molecule has 0 aliphatic rings. The van der Waals surface area contributed by atoms with Gasteiger partial charge in [-0.05, 0) is 36.8 Å². The van der Waals surface area contributed by atoms with Crippen LogP contribution < -0.4 is 10.1 Å². The minimum absolute atomic E-state index is 0.234. The number of thiazole rings is 1. The molecule has 4 aromatic rings. The van der Waals surface area contributed by atoms with E-state index in [4.69, 9.17) is 32.9 Å². The Balaban J connectivity index is 1.39. The first kappa shape index (κ1) is 22.3. The van der Waals surface area contributed by atoms with Crippen LogP contribution in [-0.2, 0) is 11.3 Å². The van der Waals surface area contributed by atoms with Crippen LogP contribution in [0.4, 0.5) is 0 Å². The van der Waals surface area contributed by atoms with Crippen molar-refractivity contribution in [2.45, 2.75) is 19.6 Å². The minimum Gasteiger partial charge on any atom is -0.479 e. The summed E-state index contributed by atoms with van der Waals surface area (Å²) in [5, 5.41) is 6.77. The molecule has 0 fully saturated rings. The fourth-order valence-electron chi connectivity index (χ4n) is 3.11. The Morgan fingerprint density at radius 1 is 1.03 bits per heavy atom. The molecule has 0 aliphatic heterocycles. The topological polar surface area (TPSA) is 51.2 Å². The maximum Gasteiger partial charge on any atom is 0.261 e. The summed E-state index contributed by atoms with van der Waals surface area (Å²) in [6, 6.07) is 23.0. The lowest BCUT2D eigenvalue weighted by Gasteiger charge is -2.16. The first-order valence-electron chi connectivity index (χ1n) is 9.99. The molecule has 1 unspecified atom stereocenters. The smallest absolute Gasteiger partial charge is 0.261 e. The quantitative estimate of drug-likeness (QED) is 0.312. The van der Waals surface area contributed by atoms with E-state index in [-0.39, 0.29) is 5.91 Å². The summed E-state index contributed by atoms with van der Waals surface area (Å²) in [7, 11) is 0. The van der Waals surface area contributed by atoms with Crippen LogP contribution in [0.1, 0.15) is 12.5 Å². The van der Waals surface area contributed by atoms with E-state index in [1.54, 1.807) is 36.5 Å². The van der Waals surface area contributed by atoms with Crippen LogP contribution in [0, 0.1) is 0 Å². The third-order valence-corrected chi connectivity index (χ3v) is 6.20. The average Bonchev–Trinajstić information content (AvgIpc) is 3.30. The molecule has 1 atom stereocenters. The van der Waals surface area contributed by atoms with Gasteiger partial charge in [0.25, 0.3) is 5.91 Å². The number of carbonyl (C=O) groups is 1. The second-order valence-corrected chi connectivity index (χ2v) is 8.86. The number of amides is 1. The zero-order valence-corrected chi connectivity index (χ0v) is 19.5. The Labute approximate surface area is 200 Å². The van der Waals surface area contributed by atoms with Crippen LogP contribution in [0.3, 0.4) is 0 Å².